The fourth-order valence-electron chi connectivity index (χ4n) is 6.59. The van der Waals surface area contributed by atoms with E-state index in [2.05, 4.69) is 20.5 Å². The van der Waals surface area contributed by atoms with Crippen LogP contribution in [0.4, 0.5) is 9.18 Å². The van der Waals surface area contributed by atoms with Crippen molar-refractivity contribution in [1.82, 2.24) is 35.2 Å². The lowest BCUT2D eigenvalue weighted by molar-refractivity contribution is -0.140. The second-order valence-electron chi connectivity index (χ2n) is 13.8. The molecule has 50 heavy (non-hydrogen) atoms. The van der Waals surface area contributed by atoms with Crippen molar-refractivity contribution in [3.05, 3.63) is 77.4 Å². The molecule has 2 atom stereocenters. The molecule has 0 spiro atoms. The van der Waals surface area contributed by atoms with Crippen molar-refractivity contribution < 1.29 is 32.4 Å². The van der Waals surface area contributed by atoms with Gasteiger partial charge in [0.2, 0.25) is 5.91 Å². The normalized spacial score (nSPS) is 19.7. The first-order chi connectivity index (χ1) is 25.0. The number of rotatable bonds is 7. The standard InChI is InChI=1S/C37H44FN7O5/c1-23-19-24(13-14-39-23)33-27-20-25(9-11-30(27)41-42-33)34(46)40-26-10-12-31(45(21-26)22-28-29(38)7-6-8-32(28)49-5)35(47)43-15-17-44(18-16-43)36(48)50-37(2,3)4/h6-9,11,13-14,19-20,26,31H,10,12,15-18,21-22H2,1-5H3,(H,40,46)(H,41,42)/t26-,31+/m1/s1/i5D3. The van der Waals surface area contributed by atoms with E-state index < -0.39 is 36.6 Å². The van der Waals surface area contributed by atoms with Crippen LogP contribution in [0.1, 0.15) is 59.3 Å². The average Bonchev–Trinajstić information content (AvgIpc) is 3.52. The zero-order valence-corrected chi connectivity index (χ0v) is 28.7. The molecule has 2 aliphatic heterocycles. The number of hydrogen-bond acceptors (Lipinski definition) is 8. The van der Waals surface area contributed by atoms with Gasteiger partial charge in [-0.2, -0.15) is 5.10 Å². The van der Waals surface area contributed by atoms with Gasteiger partial charge in [-0.15, -0.1) is 0 Å². The molecule has 13 heteroatoms. The molecule has 0 radical (unpaired) electrons. The van der Waals surface area contributed by atoms with Crippen LogP contribution in [-0.2, 0) is 16.1 Å². The maximum absolute atomic E-state index is 15.4. The van der Waals surface area contributed by atoms with E-state index in [0.717, 1.165) is 22.2 Å². The lowest BCUT2D eigenvalue weighted by Crippen LogP contribution is -2.59. The molecule has 3 amide bonds. The quantitative estimate of drug-likeness (QED) is 0.280. The van der Waals surface area contributed by atoms with E-state index in [1.165, 1.54) is 18.2 Å². The van der Waals surface area contributed by atoms with Gasteiger partial charge in [0.1, 0.15) is 22.9 Å². The Morgan fingerprint density at radius 3 is 2.58 bits per heavy atom. The highest BCUT2D eigenvalue weighted by Crippen LogP contribution is 2.30. The number of carbonyl (C=O) groups excluding carboxylic acids is 3. The molecule has 264 valence electrons. The zero-order chi connectivity index (χ0) is 38.1. The molecule has 12 nitrogen and oxygen atoms in total. The number of fused-ring (bicyclic) bond motifs is 1. The molecule has 0 unspecified atom stereocenters. The number of pyridine rings is 1. The van der Waals surface area contributed by atoms with E-state index in [-0.39, 0.29) is 49.3 Å². The van der Waals surface area contributed by atoms with Crippen LogP contribution >= 0.6 is 0 Å². The van der Waals surface area contributed by atoms with Gasteiger partial charge in [0.05, 0.1) is 22.7 Å². The van der Waals surface area contributed by atoms with Gasteiger partial charge in [0.25, 0.3) is 5.91 Å². The fraction of sp³-hybridized carbons (Fsp3) is 0.432. The first kappa shape index (κ1) is 31.0. The molecule has 2 aliphatic rings. The van der Waals surface area contributed by atoms with E-state index in [1.807, 2.05) is 19.1 Å². The van der Waals surface area contributed by atoms with E-state index in [4.69, 9.17) is 13.6 Å². The molecule has 4 heterocycles. The Morgan fingerprint density at radius 2 is 1.84 bits per heavy atom. The number of hydrogen-bond donors (Lipinski definition) is 2. The SMILES string of the molecule is [2H]C([2H])([2H])Oc1cccc(F)c1CN1C[C@H](NC(=O)c2ccc3[nH]nc(-c4ccnc(C)c4)c3c2)CC[C@H]1C(=O)N1CCN(C(=O)OC(C)(C)C)CC1. The Morgan fingerprint density at radius 1 is 1.06 bits per heavy atom. The van der Waals surface area contributed by atoms with E-state index in [9.17, 15) is 14.4 Å². The van der Waals surface area contributed by atoms with Crippen molar-refractivity contribution in [1.29, 1.82) is 0 Å². The Hall–Kier alpha value is -5.04. The number of ether oxygens (including phenoxy) is 2. The predicted octanol–water partition coefficient (Wildman–Crippen LogP) is 4.92. The summed E-state index contributed by atoms with van der Waals surface area (Å²) >= 11 is 0. The molecule has 2 N–H and O–H groups in total. The molecular formula is C37H44FN7O5. The second kappa shape index (κ2) is 14.4. The van der Waals surface area contributed by atoms with Crippen LogP contribution in [0.3, 0.4) is 0 Å². The molecule has 0 saturated carbocycles. The molecule has 4 aromatic rings. The van der Waals surface area contributed by atoms with Gasteiger partial charge in [0.15, 0.2) is 0 Å². The Kier molecular flexibility index (Phi) is 8.95. The number of nitrogens with one attached hydrogen (secondary N) is 2. The number of nitrogens with zero attached hydrogens (tertiary/aromatic N) is 5. The molecule has 6 rings (SSSR count). The van der Waals surface area contributed by atoms with E-state index in [1.54, 1.807) is 59.9 Å². The number of likely N-dealkylation sites (tertiary alicyclic amines) is 1. The average molecular weight is 689 g/mol. The number of piperidine rings is 1. The van der Waals surface area contributed by atoms with Crippen molar-refractivity contribution in [3.63, 3.8) is 0 Å². The van der Waals surface area contributed by atoms with Gasteiger partial charge < -0.3 is 24.6 Å². The number of amides is 3. The first-order valence-electron chi connectivity index (χ1n) is 18.2. The van der Waals surface area contributed by atoms with Crippen LogP contribution in [0.2, 0.25) is 0 Å². The molecule has 2 fully saturated rings. The van der Waals surface area contributed by atoms with Gasteiger partial charge >= 0.3 is 6.09 Å². The number of carbonyl (C=O) groups is 3. The van der Waals surface area contributed by atoms with Gasteiger partial charge in [-0.25, -0.2) is 9.18 Å². The summed E-state index contributed by atoms with van der Waals surface area (Å²) in [7, 11) is -2.82. The molecule has 0 aliphatic carbocycles. The number of aromatic nitrogens is 3. The highest BCUT2D eigenvalue weighted by molar-refractivity contribution is 6.01. The van der Waals surface area contributed by atoms with Crippen LogP contribution in [-0.4, -0.2) is 105 Å². The van der Waals surface area contributed by atoms with Crippen molar-refractivity contribution in [2.75, 3.05) is 39.8 Å². The monoisotopic (exact) mass is 688 g/mol. The number of aryl methyl sites for hydroxylation is 1. The zero-order valence-electron chi connectivity index (χ0n) is 31.7. The minimum absolute atomic E-state index is 0.00701. The summed E-state index contributed by atoms with van der Waals surface area (Å²) in [6.45, 7) is 8.45. The lowest BCUT2D eigenvalue weighted by Gasteiger charge is -2.43. The van der Waals surface area contributed by atoms with E-state index in [0.29, 0.717) is 37.2 Å². The number of methoxy groups -OCH3 is 1. The maximum Gasteiger partial charge on any atom is 0.410 e. The van der Waals surface area contributed by atoms with Crippen LogP contribution in [0.5, 0.6) is 5.75 Å². The maximum atomic E-state index is 15.4. The third-order valence-electron chi connectivity index (χ3n) is 9.09. The first-order valence-corrected chi connectivity index (χ1v) is 16.7. The van der Waals surface area contributed by atoms with Crippen molar-refractivity contribution in [3.8, 4) is 17.0 Å². The number of benzene rings is 2. The van der Waals surface area contributed by atoms with Crippen LogP contribution < -0.4 is 10.1 Å². The highest BCUT2D eigenvalue weighted by atomic mass is 19.1. The molecule has 2 aromatic heterocycles. The largest absolute Gasteiger partial charge is 0.496 e. The van der Waals surface area contributed by atoms with Gasteiger partial charge in [-0.1, -0.05) is 6.07 Å². The predicted molar refractivity (Wildman–Crippen MR) is 186 cm³/mol. The van der Waals surface area contributed by atoms with Gasteiger partial charge in [0, 0.05) is 79.3 Å². The lowest BCUT2D eigenvalue weighted by atomic mass is 9.95. The summed E-state index contributed by atoms with van der Waals surface area (Å²) in [5.74, 6) is -1.35. The summed E-state index contributed by atoms with van der Waals surface area (Å²) in [6.07, 6.45) is 2.06. The Labute approximate surface area is 295 Å². The number of aromatic amines is 1. The van der Waals surface area contributed by atoms with Crippen molar-refractivity contribution in [2.45, 2.75) is 64.8 Å². The summed E-state index contributed by atoms with van der Waals surface area (Å²) in [5, 5.41) is 11.4. The molecule has 2 saturated heterocycles. The second-order valence-corrected chi connectivity index (χ2v) is 13.8. The molecule has 0 bridgehead atoms. The number of piperazine rings is 1. The highest BCUT2D eigenvalue weighted by Gasteiger charge is 2.38. The van der Waals surface area contributed by atoms with Crippen LogP contribution in [0.15, 0.2) is 54.7 Å². The van der Waals surface area contributed by atoms with E-state index >= 15 is 4.39 Å². The summed E-state index contributed by atoms with van der Waals surface area (Å²) in [4.78, 5) is 49.7. The smallest absolute Gasteiger partial charge is 0.410 e. The number of halogens is 1. The van der Waals surface area contributed by atoms with Crippen molar-refractivity contribution >= 4 is 28.8 Å². The third kappa shape index (κ3) is 7.72. The van der Waals surface area contributed by atoms with Gasteiger partial charge in [-0.05, 0) is 83.0 Å². The fourth-order valence-corrected chi connectivity index (χ4v) is 6.59. The summed E-state index contributed by atoms with van der Waals surface area (Å²) in [6, 6.07) is 11.9. The Bertz CT molecular complexity index is 1990. The number of H-pyrrole nitrogens is 1. The topological polar surface area (TPSA) is 133 Å². The van der Waals surface area contributed by atoms with Gasteiger partial charge in [-0.3, -0.25) is 24.6 Å². The van der Waals surface area contributed by atoms with Crippen LogP contribution in [0.25, 0.3) is 22.2 Å². The minimum atomic E-state index is -2.82. The summed E-state index contributed by atoms with van der Waals surface area (Å²) in [5.41, 5.74) is 2.92. The summed E-state index contributed by atoms with van der Waals surface area (Å²) < 4.78 is 48.9. The molecule has 2 aromatic carbocycles. The minimum Gasteiger partial charge on any atom is -0.496 e. The van der Waals surface area contributed by atoms with Crippen molar-refractivity contribution in [2.24, 2.45) is 0 Å². The Balaban J connectivity index is 1.21. The van der Waals surface area contributed by atoms with Crippen LogP contribution in [0, 0.1) is 12.7 Å². The molecular weight excluding hydrogens is 641 g/mol. The third-order valence-corrected chi connectivity index (χ3v) is 9.09.